The molecule has 5 unspecified atom stereocenters. The van der Waals surface area contributed by atoms with Crippen LogP contribution < -0.4 is 0 Å². The van der Waals surface area contributed by atoms with Crippen molar-refractivity contribution in [3.8, 4) is 0 Å². The second-order valence-corrected chi connectivity index (χ2v) is 6.84. The van der Waals surface area contributed by atoms with Crippen LogP contribution in [0.5, 0.6) is 0 Å². The molecule has 1 heterocycles. The van der Waals surface area contributed by atoms with Crippen LogP contribution in [0.3, 0.4) is 0 Å². The molecule has 0 amide bonds. The first kappa shape index (κ1) is 15.7. The van der Waals surface area contributed by atoms with Gasteiger partial charge in [-0.3, -0.25) is 0 Å². The molecule has 5 atom stereocenters. The Labute approximate surface area is 128 Å². The molecule has 0 aromatic carbocycles. The molecule has 3 aliphatic rings. The van der Waals surface area contributed by atoms with E-state index in [0.717, 1.165) is 25.9 Å². The largest absolute Gasteiger partial charge is 0.355 e. The fourth-order valence-corrected chi connectivity index (χ4v) is 4.78. The number of hydrogen-bond donors (Lipinski definition) is 0. The average Bonchev–Trinajstić information content (AvgIpc) is 3.03. The normalized spacial score (nSPS) is 41.1. The van der Waals surface area contributed by atoms with Crippen LogP contribution in [0.15, 0.2) is 0 Å². The van der Waals surface area contributed by atoms with E-state index in [9.17, 15) is 0 Å². The maximum Gasteiger partial charge on any atom is 0.163 e. The predicted octanol–water partition coefficient (Wildman–Crippen LogP) is 3.49. The summed E-state index contributed by atoms with van der Waals surface area (Å²) in [5.74, 6) is 0.683. The van der Waals surface area contributed by atoms with Crippen LogP contribution in [0.2, 0.25) is 0 Å². The van der Waals surface area contributed by atoms with Gasteiger partial charge in [-0.05, 0) is 57.8 Å². The van der Waals surface area contributed by atoms with E-state index in [1.807, 2.05) is 6.92 Å². The predicted molar refractivity (Wildman–Crippen MR) is 79.9 cm³/mol. The Morgan fingerprint density at radius 1 is 1.24 bits per heavy atom. The highest BCUT2D eigenvalue weighted by atomic mass is 16.7. The van der Waals surface area contributed by atoms with E-state index >= 15 is 0 Å². The summed E-state index contributed by atoms with van der Waals surface area (Å²) < 4.78 is 23.6. The molecule has 21 heavy (non-hydrogen) atoms. The molecule has 1 aliphatic heterocycles. The number of fused-ring (bicyclic) bond motifs is 1. The van der Waals surface area contributed by atoms with Crippen molar-refractivity contribution in [3.63, 3.8) is 0 Å². The van der Waals surface area contributed by atoms with Crippen molar-refractivity contribution in [2.45, 2.75) is 77.0 Å². The van der Waals surface area contributed by atoms with E-state index in [0.29, 0.717) is 18.6 Å². The standard InChI is InChI=1S/C17H30O4/c1-3-19-16(18-2)17-9-6-7-13(17)11-14(12-17)21-15-8-4-5-10-20-15/h13-16H,3-12H2,1-2H3. The molecular weight excluding hydrogens is 268 g/mol. The molecule has 4 heteroatoms. The number of methoxy groups -OCH3 is 1. The Morgan fingerprint density at radius 2 is 2.14 bits per heavy atom. The Bertz CT molecular complexity index is 329. The van der Waals surface area contributed by atoms with Gasteiger partial charge in [-0.25, -0.2) is 0 Å². The van der Waals surface area contributed by atoms with Gasteiger partial charge in [0.1, 0.15) is 0 Å². The molecular formula is C17H30O4. The van der Waals surface area contributed by atoms with Crippen LogP contribution in [0.1, 0.15) is 58.3 Å². The first-order valence-electron chi connectivity index (χ1n) is 8.70. The first-order valence-corrected chi connectivity index (χ1v) is 8.70. The topological polar surface area (TPSA) is 36.9 Å². The minimum Gasteiger partial charge on any atom is -0.355 e. The second-order valence-electron chi connectivity index (χ2n) is 6.84. The van der Waals surface area contributed by atoms with Crippen molar-refractivity contribution in [2.75, 3.05) is 20.3 Å². The SMILES string of the molecule is CCOC(OC)C12CCCC1CC(OC1CCCCO1)C2. The fourth-order valence-electron chi connectivity index (χ4n) is 4.78. The van der Waals surface area contributed by atoms with Gasteiger partial charge in [0.05, 0.1) is 6.10 Å². The number of rotatable bonds is 6. The van der Waals surface area contributed by atoms with E-state index in [4.69, 9.17) is 18.9 Å². The maximum absolute atomic E-state index is 6.25. The van der Waals surface area contributed by atoms with Crippen molar-refractivity contribution in [1.29, 1.82) is 0 Å². The number of hydrogen-bond acceptors (Lipinski definition) is 4. The van der Waals surface area contributed by atoms with E-state index in [1.165, 1.54) is 32.1 Å². The molecule has 122 valence electrons. The first-order chi connectivity index (χ1) is 10.3. The summed E-state index contributed by atoms with van der Waals surface area (Å²) in [6, 6.07) is 0. The van der Waals surface area contributed by atoms with Gasteiger partial charge in [-0.2, -0.15) is 0 Å². The van der Waals surface area contributed by atoms with Crippen molar-refractivity contribution in [3.05, 3.63) is 0 Å². The minimum absolute atomic E-state index is 0.0210. The van der Waals surface area contributed by atoms with E-state index in [1.54, 1.807) is 7.11 Å². The zero-order valence-electron chi connectivity index (χ0n) is 13.5. The maximum atomic E-state index is 6.25. The van der Waals surface area contributed by atoms with E-state index in [2.05, 4.69) is 0 Å². The summed E-state index contributed by atoms with van der Waals surface area (Å²) in [5.41, 5.74) is 0.171. The molecule has 0 bridgehead atoms. The summed E-state index contributed by atoms with van der Waals surface area (Å²) >= 11 is 0. The lowest BCUT2D eigenvalue weighted by Gasteiger charge is -2.36. The van der Waals surface area contributed by atoms with E-state index < -0.39 is 0 Å². The third kappa shape index (κ3) is 3.14. The molecule has 0 radical (unpaired) electrons. The van der Waals surface area contributed by atoms with Gasteiger partial charge in [0.25, 0.3) is 0 Å². The van der Waals surface area contributed by atoms with Crippen LogP contribution in [0, 0.1) is 11.3 Å². The highest BCUT2D eigenvalue weighted by Crippen LogP contribution is 2.58. The van der Waals surface area contributed by atoms with Gasteiger partial charge < -0.3 is 18.9 Å². The van der Waals surface area contributed by atoms with Crippen LogP contribution >= 0.6 is 0 Å². The third-order valence-corrected chi connectivity index (χ3v) is 5.65. The molecule has 0 aromatic rings. The van der Waals surface area contributed by atoms with Gasteiger partial charge in [-0.1, -0.05) is 6.42 Å². The summed E-state index contributed by atoms with van der Waals surface area (Å²) in [6.07, 6.45) is 9.72. The second kappa shape index (κ2) is 6.95. The van der Waals surface area contributed by atoms with Gasteiger partial charge >= 0.3 is 0 Å². The molecule has 4 nitrogen and oxygen atoms in total. The van der Waals surface area contributed by atoms with Crippen molar-refractivity contribution in [2.24, 2.45) is 11.3 Å². The zero-order chi connectivity index (χ0) is 14.7. The molecule has 3 fully saturated rings. The van der Waals surface area contributed by atoms with Gasteiger partial charge in [-0.15, -0.1) is 0 Å². The lowest BCUT2D eigenvalue weighted by atomic mass is 9.79. The molecule has 0 aromatic heterocycles. The van der Waals surface area contributed by atoms with Crippen LogP contribution in [0.4, 0.5) is 0 Å². The van der Waals surface area contributed by atoms with Crippen molar-refractivity contribution < 1.29 is 18.9 Å². The highest BCUT2D eigenvalue weighted by molar-refractivity contribution is 5.02. The lowest BCUT2D eigenvalue weighted by Crippen LogP contribution is -2.39. The van der Waals surface area contributed by atoms with Crippen molar-refractivity contribution in [1.82, 2.24) is 0 Å². The van der Waals surface area contributed by atoms with Crippen LogP contribution in [-0.2, 0) is 18.9 Å². The average molecular weight is 298 g/mol. The number of ether oxygens (including phenoxy) is 4. The zero-order valence-corrected chi connectivity index (χ0v) is 13.5. The molecule has 2 aliphatic carbocycles. The molecule has 1 saturated heterocycles. The molecule has 0 N–H and O–H groups in total. The van der Waals surface area contributed by atoms with Crippen molar-refractivity contribution >= 4 is 0 Å². The van der Waals surface area contributed by atoms with Gasteiger partial charge in [0, 0.05) is 25.7 Å². The van der Waals surface area contributed by atoms with Crippen LogP contribution in [-0.4, -0.2) is 39.0 Å². The monoisotopic (exact) mass is 298 g/mol. The van der Waals surface area contributed by atoms with E-state index in [-0.39, 0.29) is 18.0 Å². The van der Waals surface area contributed by atoms with Gasteiger partial charge in [0.15, 0.2) is 12.6 Å². The Hall–Kier alpha value is -0.160. The Morgan fingerprint density at radius 3 is 2.86 bits per heavy atom. The molecule has 0 spiro atoms. The Kier molecular flexibility index (Phi) is 5.20. The minimum atomic E-state index is -0.0733. The third-order valence-electron chi connectivity index (χ3n) is 5.65. The highest BCUT2D eigenvalue weighted by Gasteiger charge is 2.56. The summed E-state index contributed by atoms with van der Waals surface area (Å²) in [4.78, 5) is 0. The Balaban J connectivity index is 1.63. The van der Waals surface area contributed by atoms with Crippen LogP contribution in [0.25, 0.3) is 0 Å². The summed E-state index contributed by atoms with van der Waals surface area (Å²) in [6.45, 7) is 3.61. The molecule has 3 rings (SSSR count). The fraction of sp³-hybridized carbons (Fsp3) is 1.00. The summed E-state index contributed by atoms with van der Waals surface area (Å²) in [5, 5.41) is 0. The molecule has 2 saturated carbocycles. The van der Waals surface area contributed by atoms with Gasteiger partial charge in [0.2, 0.25) is 0 Å². The quantitative estimate of drug-likeness (QED) is 0.703. The smallest absolute Gasteiger partial charge is 0.163 e. The lowest BCUT2D eigenvalue weighted by molar-refractivity contribution is -0.209. The summed E-state index contributed by atoms with van der Waals surface area (Å²) in [7, 11) is 1.78.